The maximum atomic E-state index is 11.7. The van der Waals surface area contributed by atoms with Gasteiger partial charge >= 0.3 is 11.7 Å². The number of nitro benzene ring substituents is 1. The molecular weight excluding hydrogens is 328 g/mol. The molecule has 0 unspecified atom stereocenters. The average molecular weight is 352 g/mol. The highest BCUT2D eigenvalue weighted by Gasteiger charge is 2.24. The molecule has 1 fully saturated rings. The lowest BCUT2D eigenvalue weighted by Gasteiger charge is -2.19. The zero-order valence-corrected chi connectivity index (χ0v) is 14.7. The zero-order chi connectivity index (χ0) is 18.4. The molecule has 1 N–H and O–H groups in total. The predicted molar refractivity (Wildman–Crippen MR) is 91.9 cm³/mol. The number of hydrogen-bond acceptors (Lipinski definition) is 7. The van der Waals surface area contributed by atoms with Crippen LogP contribution in [0.5, 0.6) is 5.75 Å². The van der Waals surface area contributed by atoms with Crippen molar-refractivity contribution < 1.29 is 23.9 Å². The Bertz CT molecular complexity index is 620. The second-order valence-corrected chi connectivity index (χ2v) is 6.80. The summed E-state index contributed by atoms with van der Waals surface area (Å²) in [6.07, 6.45) is 1.97. The molecular formula is C17H24N2O6. The molecule has 1 aromatic carbocycles. The first-order valence-corrected chi connectivity index (χ1v) is 8.24. The summed E-state index contributed by atoms with van der Waals surface area (Å²) in [6, 6.07) is 4.70. The summed E-state index contributed by atoms with van der Waals surface area (Å²) in [4.78, 5) is 22.7. The first-order valence-electron chi connectivity index (χ1n) is 8.24. The minimum absolute atomic E-state index is 0.0215. The third kappa shape index (κ3) is 5.90. The number of hydrogen-bond donors (Lipinski definition) is 1. The topological polar surface area (TPSA) is 99.9 Å². The summed E-state index contributed by atoms with van der Waals surface area (Å²) < 4.78 is 16.0. The predicted octanol–water partition coefficient (Wildman–Crippen LogP) is 2.91. The zero-order valence-electron chi connectivity index (χ0n) is 14.7. The van der Waals surface area contributed by atoms with E-state index in [-0.39, 0.29) is 17.5 Å². The van der Waals surface area contributed by atoms with Crippen molar-refractivity contribution in [2.75, 3.05) is 25.1 Å². The van der Waals surface area contributed by atoms with Crippen LogP contribution in [0.15, 0.2) is 18.2 Å². The summed E-state index contributed by atoms with van der Waals surface area (Å²) in [5.74, 6) is -0.562. The Labute approximate surface area is 146 Å². The third-order valence-electron chi connectivity index (χ3n) is 3.49. The van der Waals surface area contributed by atoms with Crippen LogP contribution in [0.3, 0.4) is 0 Å². The SMILES string of the molecule is CC(C)(C)OC(=O)COc1cccc(NC[C@@H]2CCCO2)c1[N+](=O)[O-]. The molecule has 1 atom stereocenters. The van der Waals surface area contributed by atoms with Crippen LogP contribution in [0.4, 0.5) is 11.4 Å². The summed E-state index contributed by atoms with van der Waals surface area (Å²) in [7, 11) is 0. The summed E-state index contributed by atoms with van der Waals surface area (Å²) in [6.45, 7) is 6.02. The smallest absolute Gasteiger partial charge is 0.344 e. The van der Waals surface area contributed by atoms with E-state index in [1.165, 1.54) is 6.07 Å². The summed E-state index contributed by atoms with van der Waals surface area (Å²) in [5.41, 5.74) is -0.511. The molecule has 0 bridgehead atoms. The fourth-order valence-electron chi connectivity index (χ4n) is 2.51. The molecule has 138 valence electrons. The van der Waals surface area contributed by atoms with Gasteiger partial charge in [-0.3, -0.25) is 10.1 Å². The number of benzene rings is 1. The van der Waals surface area contributed by atoms with Gasteiger partial charge in [0.25, 0.3) is 0 Å². The van der Waals surface area contributed by atoms with Crippen LogP contribution in [0, 0.1) is 10.1 Å². The number of rotatable bonds is 7. The number of nitrogens with zero attached hydrogens (tertiary/aromatic N) is 1. The van der Waals surface area contributed by atoms with Crippen molar-refractivity contribution in [1.82, 2.24) is 0 Å². The van der Waals surface area contributed by atoms with Gasteiger partial charge in [-0.1, -0.05) is 6.07 Å². The molecule has 1 heterocycles. The molecule has 8 heteroatoms. The van der Waals surface area contributed by atoms with Crippen LogP contribution in [-0.4, -0.2) is 42.4 Å². The summed E-state index contributed by atoms with van der Waals surface area (Å²) in [5, 5.41) is 14.5. The molecule has 25 heavy (non-hydrogen) atoms. The maximum Gasteiger partial charge on any atom is 0.344 e. The van der Waals surface area contributed by atoms with Crippen molar-refractivity contribution in [3.05, 3.63) is 28.3 Å². The molecule has 8 nitrogen and oxygen atoms in total. The third-order valence-corrected chi connectivity index (χ3v) is 3.49. The van der Waals surface area contributed by atoms with E-state index >= 15 is 0 Å². The lowest BCUT2D eigenvalue weighted by atomic mass is 10.2. The molecule has 0 spiro atoms. The molecule has 0 amide bonds. The van der Waals surface area contributed by atoms with Crippen molar-refractivity contribution in [2.24, 2.45) is 0 Å². The van der Waals surface area contributed by atoms with E-state index in [1.54, 1.807) is 32.9 Å². The van der Waals surface area contributed by atoms with Gasteiger partial charge in [0.05, 0.1) is 11.0 Å². The highest BCUT2D eigenvalue weighted by molar-refractivity contribution is 5.73. The molecule has 0 aromatic heterocycles. The van der Waals surface area contributed by atoms with Gasteiger partial charge in [-0.05, 0) is 45.7 Å². The summed E-state index contributed by atoms with van der Waals surface area (Å²) >= 11 is 0. The number of nitro groups is 1. The van der Waals surface area contributed by atoms with Crippen molar-refractivity contribution in [3.63, 3.8) is 0 Å². The van der Waals surface area contributed by atoms with E-state index < -0.39 is 23.1 Å². The Balaban J connectivity index is 2.05. The quantitative estimate of drug-likeness (QED) is 0.457. The van der Waals surface area contributed by atoms with Gasteiger partial charge in [0.1, 0.15) is 11.3 Å². The number of anilines is 1. The molecule has 0 saturated carbocycles. The van der Waals surface area contributed by atoms with Crippen molar-refractivity contribution in [2.45, 2.75) is 45.3 Å². The van der Waals surface area contributed by atoms with E-state index in [4.69, 9.17) is 14.2 Å². The van der Waals surface area contributed by atoms with Gasteiger partial charge in [-0.2, -0.15) is 0 Å². The van der Waals surface area contributed by atoms with E-state index in [0.29, 0.717) is 18.8 Å². The molecule has 1 aliphatic heterocycles. The molecule has 0 radical (unpaired) electrons. The molecule has 1 aliphatic rings. The lowest BCUT2D eigenvalue weighted by molar-refractivity contribution is -0.384. The van der Waals surface area contributed by atoms with Gasteiger partial charge in [0, 0.05) is 13.2 Å². The second-order valence-electron chi connectivity index (χ2n) is 6.80. The first-order chi connectivity index (χ1) is 11.8. The van der Waals surface area contributed by atoms with Crippen LogP contribution in [0.2, 0.25) is 0 Å². The first kappa shape index (κ1) is 19.0. The van der Waals surface area contributed by atoms with E-state index in [0.717, 1.165) is 12.8 Å². The fourth-order valence-corrected chi connectivity index (χ4v) is 2.51. The van der Waals surface area contributed by atoms with Crippen LogP contribution in [0.25, 0.3) is 0 Å². The van der Waals surface area contributed by atoms with Gasteiger partial charge < -0.3 is 19.5 Å². The van der Waals surface area contributed by atoms with Gasteiger partial charge in [0.15, 0.2) is 12.4 Å². The fraction of sp³-hybridized carbons (Fsp3) is 0.588. The highest BCUT2D eigenvalue weighted by atomic mass is 16.6. The number of ether oxygens (including phenoxy) is 3. The Morgan fingerprint density at radius 2 is 2.20 bits per heavy atom. The monoisotopic (exact) mass is 352 g/mol. The second kappa shape index (κ2) is 8.15. The van der Waals surface area contributed by atoms with E-state index in [2.05, 4.69) is 5.32 Å². The van der Waals surface area contributed by atoms with Gasteiger partial charge in [-0.25, -0.2) is 4.79 Å². The Morgan fingerprint density at radius 1 is 1.44 bits per heavy atom. The number of carbonyl (C=O) groups is 1. The Kier molecular flexibility index (Phi) is 6.19. The van der Waals surface area contributed by atoms with Crippen LogP contribution in [0.1, 0.15) is 33.6 Å². The molecule has 2 rings (SSSR count). The Hall–Kier alpha value is -2.35. The van der Waals surface area contributed by atoms with Crippen LogP contribution >= 0.6 is 0 Å². The number of nitrogens with one attached hydrogen (secondary N) is 1. The van der Waals surface area contributed by atoms with E-state index in [9.17, 15) is 14.9 Å². The number of para-hydroxylation sites is 1. The molecule has 1 saturated heterocycles. The number of esters is 1. The Morgan fingerprint density at radius 3 is 2.80 bits per heavy atom. The van der Waals surface area contributed by atoms with Crippen molar-refractivity contribution in [3.8, 4) is 5.75 Å². The lowest BCUT2D eigenvalue weighted by Crippen LogP contribution is -2.27. The highest BCUT2D eigenvalue weighted by Crippen LogP contribution is 2.35. The molecule has 0 aliphatic carbocycles. The minimum atomic E-state index is -0.642. The normalized spacial score (nSPS) is 17.2. The standard InChI is InChI=1S/C17H24N2O6/c1-17(2,3)25-15(20)11-24-14-8-4-7-13(16(14)19(21)22)18-10-12-6-5-9-23-12/h4,7-8,12,18H,5-6,9-11H2,1-3H3/t12-/m0/s1. The van der Waals surface area contributed by atoms with Crippen LogP contribution in [-0.2, 0) is 14.3 Å². The van der Waals surface area contributed by atoms with Gasteiger partial charge in [-0.15, -0.1) is 0 Å². The van der Waals surface area contributed by atoms with Crippen molar-refractivity contribution in [1.29, 1.82) is 0 Å². The number of carbonyl (C=O) groups excluding carboxylic acids is 1. The van der Waals surface area contributed by atoms with Crippen LogP contribution < -0.4 is 10.1 Å². The average Bonchev–Trinajstić information content (AvgIpc) is 3.02. The maximum absolute atomic E-state index is 11.7. The van der Waals surface area contributed by atoms with Crippen molar-refractivity contribution >= 4 is 17.3 Å². The van der Waals surface area contributed by atoms with Gasteiger partial charge in [0.2, 0.25) is 0 Å². The minimum Gasteiger partial charge on any atom is -0.475 e. The largest absolute Gasteiger partial charge is 0.475 e. The molecule has 1 aromatic rings. The van der Waals surface area contributed by atoms with E-state index in [1.807, 2.05) is 0 Å².